The molecule has 3 N–H and O–H groups in total. The minimum atomic E-state index is -0.864. The van der Waals surface area contributed by atoms with Crippen LogP contribution < -0.4 is 9.47 Å². The molecule has 194 valence electrons. The zero-order valence-electron chi connectivity index (χ0n) is 20.7. The maximum atomic E-state index is 12.0. The molecule has 0 aliphatic rings. The third-order valence-electron chi connectivity index (χ3n) is 6.10. The first-order chi connectivity index (χ1) is 17.2. The molecule has 0 bridgehead atoms. The van der Waals surface area contributed by atoms with Crippen LogP contribution in [-0.4, -0.2) is 51.0 Å². The van der Waals surface area contributed by atoms with Crippen LogP contribution in [0.3, 0.4) is 0 Å². The fourth-order valence-electron chi connectivity index (χ4n) is 4.30. The van der Waals surface area contributed by atoms with Crippen molar-refractivity contribution in [2.75, 3.05) is 20.3 Å². The molecular weight excluding hydrogens is 484 g/mol. The Bertz CT molecular complexity index is 1130. The van der Waals surface area contributed by atoms with E-state index in [4.69, 9.17) is 21.1 Å². The minimum absolute atomic E-state index is 0.0414. The summed E-state index contributed by atoms with van der Waals surface area (Å²) in [5.41, 5.74) is 1.84. The van der Waals surface area contributed by atoms with Crippen LogP contribution in [0.2, 0.25) is 5.02 Å². The average molecular weight is 517 g/mol. The highest BCUT2D eigenvalue weighted by Crippen LogP contribution is 2.34. The molecule has 9 heteroatoms. The fraction of sp³-hybridized carbons (Fsp3) is 0.370. The number of ether oxygens (including phenoxy) is 2. The van der Waals surface area contributed by atoms with Crippen LogP contribution in [0.4, 0.5) is 0 Å². The molecule has 0 spiro atoms. The highest BCUT2D eigenvalue weighted by Gasteiger charge is 2.30. The van der Waals surface area contributed by atoms with E-state index < -0.39 is 11.9 Å². The SMILES string of the molecule is CCCN(Cc1ccc(OCCn2c(O)ccc2O)c(OC)c1)C(c1ccc(Cl)cc1)C(C)C(=O)O. The summed E-state index contributed by atoms with van der Waals surface area (Å²) < 4.78 is 12.7. The van der Waals surface area contributed by atoms with Gasteiger partial charge in [0.15, 0.2) is 23.3 Å². The lowest BCUT2D eigenvalue weighted by Gasteiger charge is -2.34. The van der Waals surface area contributed by atoms with Crippen molar-refractivity contribution in [1.82, 2.24) is 9.47 Å². The summed E-state index contributed by atoms with van der Waals surface area (Å²) in [4.78, 5) is 14.2. The standard InChI is InChI=1S/C27H33ClN2O6/c1-4-13-29(26(18(2)27(33)34)20-6-8-21(28)9-7-20)17-19-5-10-22(23(16-19)35-3)36-15-14-30-24(31)11-12-25(30)32/h5-12,16,18,26,31-32H,4,13-15,17H2,1-3H3,(H,33,34). The molecule has 0 fully saturated rings. The van der Waals surface area contributed by atoms with Crippen LogP contribution in [0.1, 0.15) is 37.4 Å². The molecule has 2 aromatic carbocycles. The van der Waals surface area contributed by atoms with E-state index in [1.807, 2.05) is 30.3 Å². The number of aliphatic carboxylic acids is 1. The number of carboxylic acids is 1. The molecule has 2 unspecified atom stereocenters. The van der Waals surface area contributed by atoms with Crippen LogP contribution >= 0.6 is 11.6 Å². The number of aromatic hydroxyl groups is 2. The van der Waals surface area contributed by atoms with Gasteiger partial charge in [-0.25, -0.2) is 0 Å². The van der Waals surface area contributed by atoms with Crippen LogP contribution in [0.15, 0.2) is 54.6 Å². The highest BCUT2D eigenvalue weighted by atomic mass is 35.5. The van der Waals surface area contributed by atoms with E-state index >= 15 is 0 Å². The Morgan fingerprint density at radius 2 is 1.72 bits per heavy atom. The molecule has 2 atom stereocenters. The normalized spacial score (nSPS) is 12.9. The maximum Gasteiger partial charge on any atom is 0.308 e. The second kappa shape index (κ2) is 12.6. The van der Waals surface area contributed by atoms with Gasteiger partial charge in [-0.3, -0.25) is 14.3 Å². The second-order valence-electron chi connectivity index (χ2n) is 8.63. The Morgan fingerprint density at radius 3 is 2.31 bits per heavy atom. The van der Waals surface area contributed by atoms with Crippen molar-refractivity contribution < 1.29 is 29.6 Å². The van der Waals surface area contributed by atoms with Crippen molar-refractivity contribution in [2.45, 2.75) is 39.4 Å². The Morgan fingerprint density at radius 1 is 1.06 bits per heavy atom. The van der Waals surface area contributed by atoms with Crippen molar-refractivity contribution in [1.29, 1.82) is 0 Å². The second-order valence-corrected chi connectivity index (χ2v) is 9.07. The lowest BCUT2D eigenvalue weighted by molar-refractivity contribution is -0.143. The smallest absolute Gasteiger partial charge is 0.308 e. The van der Waals surface area contributed by atoms with Gasteiger partial charge >= 0.3 is 5.97 Å². The Hall–Kier alpha value is -3.36. The molecule has 0 saturated heterocycles. The monoisotopic (exact) mass is 516 g/mol. The van der Waals surface area contributed by atoms with Gasteiger partial charge in [0.1, 0.15) is 6.61 Å². The summed E-state index contributed by atoms with van der Waals surface area (Å²) in [6.45, 7) is 5.48. The van der Waals surface area contributed by atoms with Crippen molar-refractivity contribution >= 4 is 17.6 Å². The van der Waals surface area contributed by atoms with Crippen molar-refractivity contribution in [3.05, 3.63) is 70.7 Å². The molecule has 1 aromatic heterocycles. The summed E-state index contributed by atoms with van der Waals surface area (Å²) in [6, 6.07) is 15.4. The van der Waals surface area contributed by atoms with Crippen LogP contribution in [-0.2, 0) is 17.9 Å². The van der Waals surface area contributed by atoms with Gasteiger partial charge in [-0.05, 0) is 48.4 Å². The third-order valence-corrected chi connectivity index (χ3v) is 6.35. The molecular formula is C27H33ClN2O6. The van der Waals surface area contributed by atoms with E-state index in [9.17, 15) is 20.1 Å². The number of rotatable bonds is 13. The first kappa shape index (κ1) is 27.2. The van der Waals surface area contributed by atoms with Gasteiger partial charge in [0.25, 0.3) is 0 Å². The molecule has 0 aliphatic heterocycles. The molecule has 0 radical (unpaired) electrons. The van der Waals surface area contributed by atoms with Gasteiger partial charge in [0.05, 0.1) is 19.6 Å². The van der Waals surface area contributed by atoms with E-state index in [1.54, 1.807) is 26.2 Å². The molecule has 1 heterocycles. The Kier molecular flexibility index (Phi) is 9.50. The van der Waals surface area contributed by atoms with E-state index in [0.717, 1.165) is 17.5 Å². The first-order valence-corrected chi connectivity index (χ1v) is 12.2. The van der Waals surface area contributed by atoms with Gasteiger partial charge in [0, 0.05) is 29.7 Å². The van der Waals surface area contributed by atoms with E-state index in [1.165, 1.54) is 16.7 Å². The number of hydrogen-bond acceptors (Lipinski definition) is 6. The van der Waals surface area contributed by atoms with E-state index in [2.05, 4.69) is 11.8 Å². The molecule has 0 saturated carbocycles. The van der Waals surface area contributed by atoms with Gasteiger partial charge in [-0.2, -0.15) is 0 Å². The number of hydrogen-bond donors (Lipinski definition) is 3. The number of halogens is 1. The molecule has 36 heavy (non-hydrogen) atoms. The molecule has 3 aromatic rings. The molecule has 8 nitrogen and oxygen atoms in total. The van der Waals surface area contributed by atoms with E-state index in [0.29, 0.717) is 29.6 Å². The summed E-state index contributed by atoms with van der Waals surface area (Å²) >= 11 is 6.08. The minimum Gasteiger partial charge on any atom is -0.494 e. The fourth-order valence-corrected chi connectivity index (χ4v) is 4.43. The molecule has 0 amide bonds. The number of aromatic nitrogens is 1. The number of benzene rings is 2. The van der Waals surface area contributed by atoms with Crippen LogP contribution in [0.25, 0.3) is 0 Å². The Labute approximate surface area is 216 Å². The maximum absolute atomic E-state index is 12.0. The van der Waals surface area contributed by atoms with Gasteiger partial charge in [-0.1, -0.05) is 43.6 Å². The Balaban J connectivity index is 1.80. The van der Waals surface area contributed by atoms with Crippen molar-refractivity contribution in [2.24, 2.45) is 5.92 Å². The van der Waals surface area contributed by atoms with Gasteiger partial charge in [-0.15, -0.1) is 0 Å². The predicted octanol–water partition coefficient (Wildman–Crippen LogP) is 5.31. The third kappa shape index (κ3) is 6.65. The van der Waals surface area contributed by atoms with E-state index in [-0.39, 0.29) is 31.0 Å². The quantitative estimate of drug-likeness (QED) is 0.282. The summed E-state index contributed by atoms with van der Waals surface area (Å²) in [7, 11) is 1.56. The van der Waals surface area contributed by atoms with Crippen molar-refractivity contribution in [3.63, 3.8) is 0 Å². The van der Waals surface area contributed by atoms with Gasteiger partial charge in [0.2, 0.25) is 0 Å². The van der Waals surface area contributed by atoms with Crippen LogP contribution in [0.5, 0.6) is 23.3 Å². The zero-order chi connectivity index (χ0) is 26.2. The number of methoxy groups -OCH3 is 1. The zero-order valence-corrected chi connectivity index (χ0v) is 21.5. The van der Waals surface area contributed by atoms with Crippen LogP contribution in [0, 0.1) is 5.92 Å². The summed E-state index contributed by atoms with van der Waals surface area (Å²) in [6.07, 6.45) is 0.855. The lowest BCUT2D eigenvalue weighted by Crippen LogP contribution is -2.36. The molecule has 3 rings (SSSR count). The first-order valence-electron chi connectivity index (χ1n) is 11.8. The molecule has 0 aliphatic carbocycles. The largest absolute Gasteiger partial charge is 0.494 e. The topological polar surface area (TPSA) is 104 Å². The summed E-state index contributed by atoms with van der Waals surface area (Å²) in [5.74, 6) is -0.511. The highest BCUT2D eigenvalue weighted by molar-refractivity contribution is 6.30. The van der Waals surface area contributed by atoms with Crippen molar-refractivity contribution in [3.8, 4) is 23.3 Å². The number of carbonyl (C=O) groups is 1. The number of carboxylic acid groups (broad SMARTS) is 1. The average Bonchev–Trinajstić information content (AvgIpc) is 3.18. The van der Waals surface area contributed by atoms with Gasteiger partial charge < -0.3 is 24.8 Å². The number of nitrogens with zero attached hydrogens (tertiary/aromatic N) is 2. The lowest BCUT2D eigenvalue weighted by atomic mass is 9.92. The summed E-state index contributed by atoms with van der Waals surface area (Å²) in [5, 5.41) is 30.0. The predicted molar refractivity (Wildman–Crippen MR) is 138 cm³/mol.